The van der Waals surface area contributed by atoms with Gasteiger partial charge in [0.05, 0.1) is 25.7 Å². The van der Waals surface area contributed by atoms with Gasteiger partial charge in [-0.2, -0.15) is 0 Å². The van der Waals surface area contributed by atoms with Crippen molar-refractivity contribution in [2.24, 2.45) is 5.92 Å². The zero-order valence-electron chi connectivity index (χ0n) is 8.91. The molecule has 1 unspecified atom stereocenters. The number of carbonyl (C=O) groups is 1. The van der Waals surface area contributed by atoms with Crippen molar-refractivity contribution in [3.05, 3.63) is 0 Å². The van der Waals surface area contributed by atoms with E-state index in [1.54, 1.807) is 0 Å². The van der Waals surface area contributed by atoms with E-state index in [-0.39, 0.29) is 18.0 Å². The van der Waals surface area contributed by atoms with Crippen molar-refractivity contribution in [1.82, 2.24) is 5.32 Å². The van der Waals surface area contributed by atoms with Gasteiger partial charge in [-0.05, 0) is 12.8 Å². The molecule has 82 valence electrons. The molecule has 2 atom stereocenters. The molecule has 0 aromatic heterocycles. The molecule has 1 N–H and O–H groups in total. The molecule has 1 aliphatic rings. The molecule has 0 saturated carbocycles. The molecule has 1 rings (SSSR count). The van der Waals surface area contributed by atoms with E-state index in [2.05, 4.69) is 5.32 Å². The lowest BCUT2D eigenvalue weighted by molar-refractivity contribution is -0.145. The fourth-order valence-corrected chi connectivity index (χ4v) is 1.57. The Balaban J connectivity index is 2.25. The fourth-order valence-electron chi connectivity index (χ4n) is 1.57. The van der Waals surface area contributed by atoms with Crippen LogP contribution in [0.3, 0.4) is 0 Å². The zero-order valence-corrected chi connectivity index (χ0v) is 8.91. The molecule has 4 nitrogen and oxygen atoms in total. The van der Waals surface area contributed by atoms with Crippen LogP contribution in [-0.4, -0.2) is 38.4 Å². The van der Waals surface area contributed by atoms with E-state index >= 15 is 0 Å². The average Bonchev–Trinajstić information content (AvgIpc) is 2.19. The minimum absolute atomic E-state index is 0.130. The Labute approximate surface area is 85.0 Å². The van der Waals surface area contributed by atoms with Crippen LogP contribution in [0.2, 0.25) is 0 Å². The maximum absolute atomic E-state index is 11.2. The lowest BCUT2D eigenvalue weighted by Gasteiger charge is -2.28. The van der Waals surface area contributed by atoms with Gasteiger partial charge in [0.1, 0.15) is 0 Å². The Morgan fingerprint density at radius 1 is 1.71 bits per heavy atom. The molecule has 0 amide bonds. The van der Waals surface area contributed by atoms with Crippen molar-refractivity contribution in [3.63, 3.8) is 0 Å². The van der Waals surface area contributed by atoms with Crippen LogP contribution in [0, 0.1) is 5.92 Å². The van der Waals surface area contributed by atoms with E-state index in [9.17, 15) is 4.79 Å². The molecule has 0 aromatic rings. The molecule has 1 fully saturated rings. The summed E-state index contributed by atoms with van der Waals surface area (Å²) in [5.41, 5.74) is 0. The van der Waals surface area contributed by atoms with Crippen molar-refractivity contribution in [3.8, 4) is 0 Å². The van der Waals surface area contributed by atoms with Gasteiger partial charge in [0.25, 0.3) is 0 Å². The molecule has 1 saturated heterocycles. The van der Waals surface area contributed by atoms with Crippen molar-refractivity contribution in [2.75, 3.05) is 26.3 Å². The third kappa shape index (κ3) is 3.64. The molecule has 0 aromatic carbocycles. The number of hydrogen-bond donors (Lipinski definition) is 1. The van der Waals surface area contributed by atoms with E-state index in [1.807, 2.05) is 13.8 Å². The van der Waals surface area contributed by atoms with Crippen LogP contribution in [0.15, 0.2) is 0 Å². The highest BCUT2D eigenvalue weighted by Crippen LogP contribution is 2.13. The van der Waals surface area contributed by atoms with Gasteiger partial charge < -0.3 is 14.8 Å². The van der Waals surface area contributed by atoms with Gasteiger partial charge >= 0.3 is 5.97 Å². The van der Waals surface area contributed by atoms with Crippen LogP contribution < -0.4 is 5.32 Å². The standard InChI is InChI=1S/C10H19NO3/c1-3-13-10(12)6-8(2)9-7-11-4-5-14-9/h8-9,11H,3-7H2,1-2H3/t8?,9-/m0/s1. The largest absolute Gasteiger partial charge is 0.466 e. The van der Waals surface area contributed by atoms with E-state index in [0.29, 0.717) is 13.0 Å². The number of esters is 1. The lowest BCUT2D eigenvalue weighted by atomic mass is 10.00. The number of rotatable bonds is 4. The van der Waals surface area contributed by atoms with Crippen LogP contribution in [0.4, 0.5) is 0 Å². The molecular formula is C10H19NO3. The zero-order chi connectivity index (χ0) is 10.4. The Morgan fingerprint density at radius 3 is 3.07 bits per heavy atom. The smallest absolute Gasteiger partial charge is 0.306 e. The summed E-state index contributed by atoms with van der Waals surface area (Å²) in [6.45, 7) is 6.77. The van der Waals surface area contributed by atoms with E-state index in [4.69, 9.17) is 9.47 Å². The topological polar surface area (TPSA) is 47.6 Å². The number of hydrogen-bond acceptors (Lipinski definition) is 4. The second-order valence-electron chi connectivity index (χ2n) is 3.60. The van der Waals surface area contributed by atoms with Gasteiger partial charge in [-0.15, -0.1) is 0 Å². The number of morpholine rings is 1. The maximum atomic E-state index is 11.2. The Hall–Kier alpha value is -0.610. The minimum Gasteiger partial charge on any atom is -0.466 e. The number of ether oxygens (including phenoxy) is 2. The summed E-state index contributed by atoms with van der Waals surface area (Å²) in [6, 6.07) is 0. The predicted octanol–water partition coefficient (Wildman–Crippen LogP) is 0.564. The van der Waals surface area contributed by atoms with Gasteiger partial charge in [0.2, 0.25) is 0 Å². The summed E-state index contributed by atoms with van der Waals surface area (Å²) >= 11 is 0. The quantitative estimate of drug-likeness (QED) is 0.675. The van der Waals surface area contributed by atoms with Gasteiger partial charge in [-0.3, -0.25) is 4.79 Å². The van der Waals surface area contributed by atoms with Crippen LogP contribution >= 0.6 is 0 Å². The Morgan fingerprint density at radius 2 is 2.50 bits per heavy atom. The first-order valence-corrected chi connectivity index (χ1v) is 5.22. The van der Waals surface area contributed by atoms with Gasteiger partial charge in [-0.25, -0.2) is 0 Å². The minimum atomic E-state index is -0.130. The second-order valence-corrected chi connectivity index (χ2v) is 3.60. The second kappa shape index (κ2) is 5.98. The van der Waals surface area contributed by atoms with Crippen molar-refractivity contribution < 1.29 is 14.3 Å². The Bertz CT molecular complexity index is 178. The lowest BCUT2D eigenvalue weighted by Crippen LogP contribution is -2.42. The molecule has 14 heavy (non-hydrogen) atoms. The van der Waals surface area contributed by atoms with Crippen molar-refractivity contribution in [1.29, 1.82) is 0 Å². The molecule has 0 radical (unpaired) electrons. The average molecular weight is 201 g/mol. The Kier molecular flexibility index (Phi) is 4.90. The van der Waals surface area contributed by atoms with E-state index < -0.39 is 0 Å². The molecule has 4 heteroatoms. The highest BCUT2D eigenvalue weighted by atomic mass is 16.5. The van der Waals surface area contributed by atoms with Crippen molar-refractivity contribution >= 4 is 5.97 Å². The monoisotopic (exact) mass is 201 g/mol. The van der Waals surface area contributed by atoms with E-state index in [0.717, 1.165) is 19.7 Å². The summed E-state index contributed by atoms with van der Waals surface area (Å²) in [6.07, 6.45) is 0.591. The van der Waals surface area contributed by atoms with Gasteiger partial charge in [0, 0.05) is 13.1 Å². The normalized spacial score (nSPS) is 24.3. The van der Waals surface area contributed by atoms with Crippen LogP contribution in [0.25, 0.3) is 0 Å². The number of nitrogens with one attached hydrogen (secondary N) is 1. The summed E-state index contributed by atoms with van der Waals surface area (Å²) in [5, 5.41) is 3.24. The van der Waals surface area contributed by atoms with Crippen LogP contribution in [-0.2, 0) is 14.3 Å². The fraction of sp³-hybridized carbons (Fsp3) is 0.900. The molecule has 0 spiro atoms. The molecule has 0 bridgehead atoms. The predicted molar refractivity (Wildman–Crippen MR) is 53.0 cm³/mol. The molecule has 0 aliphatic carbocycles. The summed E-state index contributed by atoms with van der Waals surface area (Å²) in [7, 11) is 0. The summed E-state index contributed by atoms with van der Waals surface area (Å²) in [4.78, 5) is 11.2. The SMILES string of the molecule is CCOC(=O)CC(C)[C@@H]1CNCCO1. The highest BCUT2D eigenvalue weighted by molar-refractivity contribution is 5.69. The third-order valence-corrected chi connectivity index (χ3v) is 2.38. The van der Waals surface area contributed by atoms with Crippen molar-refractivity contribution in [2.45, 2.75) is 26.4 Å². The van der Waals surface area contributed by atoms with Crippen LogP contribution in [0.1, 0.15) is 20.3 Å². The molecule has 1 heterocycles. The molecular weight excluding hydrogens is 182 g/mol. The third-order valence-electron chi connectivity index (χ3n) is 2.38. The molecule has 1 aliphatic heterocycles. The van der Waals surface area contributed by atoms with Gasteiger partial charge in [0.15, 0.2) is 0 Å². The maximum Gasteiger partial charge on any atom is 0.306 e. The first kappa shape index (κ1) is 11.5. The number of carbonyl (C=O) groups excluding carboxylic acids is 1. The van der Waals surface area contributed by atoms with E-state index in [1.165, 1.54) is 0 Å². The first-order chi connectivity index (χ1) is 6.74. The highest BCUT2D eigenvalue weighted by Gasteiger charge is 2.23. The summed E-state index contributed by atoms with van der Waals surface area (Å²) < 4.78 is 10.4. The first-order valence-electron chi connectivity index (χ1n) is 5.22. The van der Waals surface area contributed by atoms with Crippen LogP contribution in [0.5, 0.6) is 0 Å². The van der Waals surface area contributed by atoms with Gasteiger partial charge in [-0.1, -0.05) is 6.92 Å². The summed E-state index contributed by atoms with van der Waals surface area (Å²) in [5.74, 6) is 0.0935.